The van der Waals surface area contributed by atoms with Crippen LogP contribution < -0.4 is 9.47 Å². The van der Waals surface area contributed by atoms with E-state index in [0.717, 1.165) is 16.8 Å². The van der Waals surface area contributed by atoms with Gasteiger partial charge in [0.1, 0.15) is 0 Å². The number of halogens is 2. The Kier molecular flexibility index (Phi) is 5.83. The molecule has 2 aromatic carbocycles. The van der Waals surface area contributed by atoms with E-state index < -0.39 is 0 Å². The molecule has 8 heteroatoms. The monoisotopic (exact) mass is 488 g/mol. The molecule has 0 saturated carbocycles. The lowest BCUT2D eigenvalue weighted by molar-refractivity contribution is 0.0677. The molecule has 6 nitrogen and oxygen atoms in total. The van der Waals surface area contributed by atoms with Crippen molar-refractivity contribution in [2.45, 2.75) is 12.5 Å². The van der Waals surface area contributed by atoms with Crippen LogP contribution >= 0.6 is 27.5 Å². The van der Waals surface area contributed by atoms with Gasteiger partial charge in [-0.1, -0.05) is 23.7 Å². The third kappa shape index (κ3) is 3.95. The van der Waals surface area contributed by atoms with E-state index in [0.29, 0.717) is 27.6 Å². The zero-order valence-electron chi connectivity index (χ0n) is 16.3. The quantitative estimate of drug-likeness (QED) is 0.461. The summed E-state index contributed by atoms with van der Waals surface area (Å²) in [7, 11) is 3.17. The summed E-state index contributed by atoms with van der Waals surface area (Å²) in [5, 5.41) is 6.74. The topological polar surface area (TPSA) is 64.3 Å². The number of carbonyl (C=O) groups is 1. The molecule has 0 aliphatic carbocycles. The Morgan fingerprint density at radius 1 is 1.10 bits per heavy atom. The fourth-order valence-corrected chi connectivity index (χ4v) is 3.81. The molecule has 0 saturated heterocycles. The number of methoxy groups -OCH3 is 2. The Morgan fingerprint density at radius 3 is 2.47 bits per heavy atom. The third-order valence-electron chi connectivity index (χ3n) is 4.87. The van der Waals surface area contributed by atoms with Gasteiger partial charge in [-0.2, -0.15) is 5.10 Å². The van der Waals surface area contributed by atoms with Crippen LogP contribution in [0.1, 0.15) is 34.1 Å². The maximum Gasteiger partial charge on any atom is 0.310 e. The van der Waals surface area contributed by atoms with Crippen molar-refractivity contribution in [1.29, 1.82) is 0 Å². The number of hydrogen-bond donors (Lipinski definition) is 0. The molecule has 1 aliphatic heterocycles. The van der Waals surface area contributed by atoms with Crippen LogP contribution in [0.5, 0.6) is 11.5 Å². The minimum atomic E-state index is -0.323. The van der Waals surface area contributed by atoms with Crippen molar-refractivity contribution in [2.75, 3.05) is 14.2 Å². The van der Waals surface area contributed by atoms with Gasteiger partial charge in [-0.25, -0.2) is 5.01 Å². The summed E-state index contributed by atoms with van der Waals surface area (Å²) in [5.74, 6) is 1.11. The molecule has 30 heavy (non-hydrogen) atoms. The minimum Gasteiger partial charge on any atom is -0.493 e. The molecule has 0 N–H and O–H groups in total. The first kappa shape index (κ1) is 20.5. The van der Waals surface area contributed by atoms with E-state index in [1.165, 1.54) is 5.01 Å². The lowest BCUT2D eigenvalue weighted by Crippen LogP contribution is -2.26. The Labute approximate surface area is 187 Å². The number of amides is 1. The molecule has 3 aromatic rings. The maximum absolute atomic E-state index is 13.1. The second-order valence-corrected chi connectivity index (χ2v) is 7.86. The highest BCUT2D eigenvalue weighted by Crippen LogP contribution is 2.36. The van der Waals surface area contributed by atoms with Crippen molar-refractivity contribution in [3.63, 3.8) is 0 Å². The standard InChI is InChI=1S/C22H18BrClN2O4/c1-28-18-8-5-14(11-20(18)29-2)16-12-17(13-3-6-15(24)7-4-13)26(25-16)22(27)19-9-10-21(23)30-19/h3-11,17H,12H2,1-2H3. The van der Waals surface area contributed by atoms with Crippen LogP contribution in [-0.4, -0.2) is 30.8 Å². The number of carbonyl (C=O) groups excluding carboxylic acids is 1. The van der Waals surface area contributed by atoms with Crippen molar-refractivity contribution in [3.05, 3.63) is 81.2 Å². The number of nitrogens with zero attached hydrogens (tertiary/aromatic N) is 2. The number of hydrogen-bond acceptors (Lipinski definition) is 5. The normalized spacial score (nSPS) is 15.8. The number of hydrazone groups is 1. The van der Waals surface area contributed by atoms with E-state index in [-0.39, 0.29) is 17.7 Å². The molecule has 0 bridgehead atoms. The van der Waals surface area contributed by atoms with Crippen LogP contribution in [-0.2, 0) is 0 Å². The van der Waals surface area contributed by atoms with Gasteiger partial charge in [-0.3, -0.25) is 4.79 Å². The van der Waals surface area contributed by atoms with E-state index in [9.17, 15) is 4.79 Å². The lowest BCUT2D eigenvalue weighted by atomic mass is 9.98. The molecule has 1 unspecified atom stereocenters. The SMILES string of the molecule is COc1ccc(C2=NN(C(=O)c3ccc(Br)o3)C(c3ccc(Cl)cc3)C2)cc1OC. The first-order chi connectivity index (χ1) is 14.5. The molecular formula is C22H18BrClN2O4. The molecule has 0 spiro atoms. The minimum absolute atomic E-state index is 0.207. The molecule has 1 atom stereocenters. The number of ether oxygens (including phenoxy) is 2. The largest absolute Gasteiger partial charge is 0.493 e. The first-order valence-corrected chi connectivity index (χ1v) is 10.3. The predicted molar refractivity (Wildman–Crippen MR) is 117 cm³/mol. The van der Waals surface area contributed by atoms with Crippen LogP contribution in [0.15, 0.2) is 68.8 Å². The van der Waals surface area contributed by atoms with Gasteiger partial charge in [-0.15, -0.1) is 0 Å². The zero-order chi connectivity index (χ0) is 21.3. The van der Waals surface area contributed by atoms with Crippen LogP contribution in [0.25, 0.3) is 0 Å². The molecule has 0 fully saturated rings. The molecule has 1 aromatic heterocycles. The van der Waals surface area contributed by atoms with E-state index in [1.807, 2.05) is 30.3 Å². The fraction of sp³-hybridized carbons (Fsp3) is 0.182. The number of furan rings is 1. The molecule has 1 aliphatic rings. The Balaban J connectivity index is 1.73. The highest BCUT2D eigenvalue weighted by molar-refractivity contribution is 9.10. The average molecular weight is 490 g/mol. The van der Waals surface area contributed by atoms with E-state index >= 15 is 0 Å². The lowest BCUT2D eigenvalue weighted by Gasteiger charge is -2.21. The van der Waals surface area contributed by atoms with Crippen molar-refractivity contribution in [1.82, 2.24) is 5.01 Å². The second-order valence-electron chi connectivity index (χ2n) is 6.64. The summed E-state index contributed by atoms with van der Waals surface area (Å²) >= 11 is 9.29. The Bertz CT molecular complexity index is 1110. The van der Waals surface area contributed by atoms with Gasteiger partial charge < -0.3 is 13.9 Å². The van der Waals surface area contributed by atoms with E-state index in [2.05, 4.69) is 21.0 Å². The highest BCUT2D eigenvalue weighted by atomic mass is 79.9. The summed E-state index contributed by atoms with van der Waals surface area (Å²) in [4.78, 5) is 13.1. The Hall–Kier alpha value is -2.77. The van der Waals surface area contributed by atoms with Gasteiger partial charge in [0.25, 0.3) is 0 Å². The van der Waals surface area contributed by atoms with Gasteiger partial charge in [0.2, 0.25) is 0 Å². The van der Waals surface area contributed by atoms with E-state index in [1.54, 1.807) is 38.5 Å². The van der Waals surface area contributed by atoms with Gasteiger partial charge in [0.15, 0.2) is 21.9 Å². The Morgan fingerprint density at radius 2 is 1.83 bits per heavy atom. The van der Waals surface area contributed by atoms with Gasteiger partial charge >= 0.3 is 5.91 Å². The fourth-order valence-electron chi connectivity index (χ4n) is 3.37. The second kappa shape index (κ2) is 8.53. The molecule has 4 rings (SSSR count). The summed E-state index contributed by atoms with van der Waals surface area (Å²) in [6.45, 7) is 0. The van der Waals surface area contributed by atoms with Crippen LogP contribution in [0, 0.1) is 0 Å². The number of benzene rings is 2. The summed E-state index contributed by atoms with van der Waals surface area (Å²) in [6.07, 6.45) is 0.532. The maximum atomic E-state index is 13.1. The van der Waals surface area contributed by atoms with E-state index in [4.69, 9.17) is 25.5 Å². The van der Waals surface area contributed by atoms with Crippen LogP contribution in [0.2, 0.25) is 5.02 Å². The van der Waals surface area contributed by atoms with Gasteiger partial charge in [-0.05, 0) is 64.0 Å². The van der Waals surface area contributed by atoms with Crippen molar-refractivity contribution >= 4 is 39.1 Å². The first-order valence-electron chi connectivity index (χ1n) is 9.14. The number of rotatable bonds is 5. The van der Waals surface area contributed by atoms with Gasteiger partial charge in [0, 0.05) is 17.0 Å². The van der Waals surface area contributed by atoms with Crippen molar-refractivity contribution < 1.29 is 18.7 Å². The molecule has 1 amide bonds. The molecule has 154 valence electrons. The smallest absolute Gasteiger partial charge is 0.310 e. The summed E-state index contributed by atoms with van der Waals surface area (Å²) in [6, 6.07) is 16.0. The van der Waals surface area contributed by atoms with Crippen LogP contribution in [0.4, 0.5) is 0 Å². The highest BCUT2D eigenvalue weighted by Gasteiger charge is 2.35. The molecule has 0 radical (unpaired) electrons. The van der Waals surface area contributed by atoms with Gasteiger partial charge in [0.05, 0.1) is 26.0 Å². The summed E-state index contributed by atoms with van der Waals surface area (Å²) in [5.41, 5.74) is 2.54. The predicted octanol–water partition coefficient (Wildman–Crippen LogP) is 5.70. The van der Waals surface area contributed by atoms with Crippen molar-refractivity contribution in [3.8, 4) is 11.5 Å². The third-order valence-corrected chi connectivity index (χ3v) is 5.55. The summed E-state index contributed by atoms with van der Waals surface area (Å²) < 4.78 is 16.7. The van der Waals surface area contributed by atoms with Crippen LogP contribution in [0.3, 0.4) is 0 Å². The van der Waals surface area contributed by atoms with Crippen molar-refractivity contribution in [2.24, 2.45) is 5.10 Å². The zero-order valence-corrected chi connectivity index (χ0v) is 18.6. The average Bonchev–Trinajstić information content (AvgIpc) is 3.40. The molecule has 2 heterocycles. The molecular weight excluding hydrogens is 472 g/mol.